The van der Waals surface area contributed by atoms with Crippen LogP contribution in [0, 0.1) is 11.7 Å². The quantitative estimate of drug-likeness (QED) is 0.562. The molecule has 0 unspecified atom stereocenters. The number of hydrogen-bond acceptors (Lipinski definition) is 4. The lowest BCUT2D eigenvalue weighted by atomic mass is 9.73. The molecule has 1 aliphatic carbocycles. The zero-order chi connectivity index (χ0) is 24.1. The Labute approximate surface area is 188 Å². The van der Waals surface area contributed by atoms with Crippen LogP contribution in [-0.2, 0) is 26.0 Å². The first-order chi connectivity index (χ1) is 14.6. The molecule has 1 aliphatic rings. The van der Waals surface area contributed by atoms with Crippen LogP contribution in [0.3, 0.4) is 0 Å². The Bertz CT molecular complexity index is 1240. The van der Waals surface area contributed by atoms with Crippen molar-refractivity contribution in [3.8, 4) is 0 Å². The van der Waals surface area contributed by atoms with Gasteiger partial charge in [-0.25, -0.2) is 25.9 Å². The average Bonchev–Trinajstić information content (AvgIpc) is 2.65. The highest BCUT2D eigenvalue weighted by Crippen LogP contribution is 2.44. The Morgan fingerprint density at radius 1 is 0.969 bits per heavy atom. The summed E-state index contributed by atoms with van der Waals surface area (Å²) in [6.07, 6.45) is -4.35. The summed E-state index contributed by atoms with van der Waals surface area (Å²) in [6.45, 7) is 2.83. The minimum atomic E-state index is -4.68. The highest BCUT2D eigenvalue weighted by molar-refractivity contribution is 7.92. The van der Waals surface area contributed by atoms with Crippen LogP contribution in [0.25, 0.3) is 0 Å². The molecule has 0 heterocycles. The van der Waals surface area contributed by atoms with Crippen LogP contribution in [0.4, 0.5) is 17.6 Å². The molecule has 2 aromatic rings. The van der Waals surface area contributed by atoms with E-state index in [1.54, 1.807) is 0 Å². The van der Waals surface area contributed by atoms with Crippen molar-refractivity contribution >= 4 is 31.5 Å². The van der Waals surface area contributed by atoms with Crippen LogP contribution < -0.4 is 4.72 Å². The zero-order valence-corrected chi connectivity index (χ0v) is 19.3. The Balaban J connectivity index is 1.74. The molecule has 1 fully saturated rings. The van der Waals surface area contributed by atoms with E-state index >= 15 is 0 Å². The molecule has 0 amide bonds. The molecule has 0 spiro atoms. The number of rotatable bonds is 6. The van der Waals surface area contributed by atoms with Crippen LogP contribution in [0.2, 0.25) is 5.02 Å². The van der Waals surface area contributed by atoms with Gasteiger partial charge in [-0.15, -0.1) is 0 Å². The van der Waals surface area contributed by atoms with Crippen LogP contribution in [0.15, 0.2) is 52.3 Å². The zero-order valence-electron chi connectivity index (χ0n) is 16.9. The molecule has 5 nitrogen and oxygen atoms in total. The van der Waals surface area contributed by atoms with E-state index in [4.69, 9.17) is 11.6 Å². The second-order valence-electron chi connectivity index (χ2n) is 8.19. The first-order valence-electron chi connectivity index (χ1n) is 9.45. The largest absolute Gasteiger partial charge is 0.416 e. The maximum Gasteiger partial charge on any atom is 0.416 e. The van der Waals surface area contributed by atoms with Gasteiger partial charge in [0.1, 0.15) is 5.82 Å². The fraction of sp³-hybridized carbons (Fsp3) is 0.400. The Hall–Kier alpha value is -1.69. The lowest BCUT2D eigenvalue weighted by Gasteiger charge is -2.44. The Kier molecular flexibility index (Phi) is 6.44. The minimum Gasteiger partial charge on any atom is -0.223 e. The number of halogens is 5. The molecule has 1 saturated carbocycles. The highest BCUT2D eigenvalue weighted by Gasteiger charge is 2.49. The fourth-order valence-corrected chi connectivity index (χ4v) is 6.89. The molecule has 12 heteroatoms. The molecular formula is C20H20ClF4NO4S2. The van der Waals surface area contributed by atoms with Crippen molar-refractivity contribution in [2.45, 2.75) is 53.4 Å². The monoisotopic (exact) mass is 513 g/mol. The molecule has 176 valence electrons. The van der Waals surface area contributed by atoms with Gasteiger partial charge in [-0.3, -0.25) is 0 Å². The molecule has 0 atom stereocenters. The first-order valence-corrected chi connectivity index (χ1v) is 12.8. The number of sulfone groups is 1. The topological polar surface area (TPSA) is 80.3 Å². The molecule has 0 aromatic heterocycles. The van der Waals surface area contributed by atoms with E-state index in [0.29, 0.717) is 6.07 Å². The summed E-state index contributed by atoms with van der Waals surface area (Å²) >= 11 is 5.63. The molecule has 3 rings (SSSR count). The summed E-state index contributed by atoms with van der Waals surface area (Å²) in [5.74, 6) is -1.26. The van der Waals surface area contributed by atoms with E-state index in [1.165, 1.54) is 13.8 Å². The lowest BCUT2D eigenvalue weighted by molar-refractivity contribution is -0.137. The molecule has 0 radical (unpaired) electrons. The lowest BCUT2D eigenvalue weighted by Crippen LogP contribution is -2.53. The van der Waals surface area contributed by atoms with Gasteiger partial charge < -0.3 is 0 Å². The predicted octanol–water partition coefficient (Wildman–Crippen LogP) is 4.81. The number of sulfonamides is 1. The first kappa shape index (κ1) is 24.9. The molecule has 32 heavy (non-hydrogen) atoms. The van der Waals surface area contributed by atoms with Crippen molar-refractivity contribution in [2.75, 3.05) is 0 Å². The molecule has 0 saturated heterocycles. The summed E-state index contributed by atoms with van der Waals surface area (Å²) in [7, 11) is -8.16. The molecule has 0 bridgehead atoms. The van der Waals surface area contributed by atoms with Gasteiger partial charge in [0.2, 0.25) is 10.0 Å². The van der Waals surface area contributed by atoms with E-state index in [1.807, 2.05) is 0 Å². The van der Waals surface area contributed by atoms with Crippen LogP contribution >= 0.6 is 11.6 Å². The third-order valence-corrected chi connectivity index (χ3v) is 10.2. The maximum absolute atomic E-state index is 13.3. The minimum absolute atomic E-state index is 0.166. The normalized spacial score (nSPS) is 20.1. The molecular weight excluding hydrogens is 494 g/mol. The van der Waals surface area contributed by atoms with Crippen molar-refractivity contribution in [3.05, 3.63) is 58.9 Å². The van der Waals surface area contributed by atoms with Crippen molar-refractivity contribution in [3.63, 3.8) is 0 Å². The summed E-state index contributed by atoms with van der Waals surface area (Å²) < 4.78 is 104. The van der Waals surface area contributed by atoms with Gasteiger partial charge in [-0.1, -0.05) is 17.7 Å². The second kappa shape index (κ2) is 8.27. The molecule has 2 aromatic carbocycles. The van der Waals surface area contributed by atoms with Crippen molar-refractivity contribution in [2.24, 2.45) is 5.92 Å². The van der Waals surface area contributed by atoms with Crippen molar-refractivity contribution in [1.29, 1.82) is 0 Å². The van der Waals surface area contributed by atoms with Crippen LogP contribution in [0.1, 0.15) is 32.3 Å². The predicted molar refractivity (Wildman–Crippen MR) is 111 cm³/mol. The van der Waals surface area contributed by atoms with Crippen LogP contribution in [-0.4, -0.2) is 27.6 Å². The van der Waals surface area contributed by atoms with Crippen LogP contribution in [0.5, 0.6) is 0 Å². The smallest absolute Gasteiger partial charge is 0.223 e. The third-order valence-electron chi connectivity index (χ3n) is 5.81. The molecule has 1 N–H and O–H groups in total. The SMILES string of the molecule is CC(C)([C@H]1C[C@H](NS(=O)(=O)c2ccc(F)c(Cl)c2)C1)S(=O)(=O)c1cccc(C(F)(F)F)c1. The van der Waals surface area contributed by atoms with E-state index in [0.717, 1.165) is 36.4 Å². The maximum atomic E-state index is 13.3. The third kappa shape index (κ3) is 4.66. The standard InChI is InChI=1S/C20H20ClF4NO4S2/c1-19(2,31(27,28)15-5-3-4-12(10-15)20(23,24)25)13-8-14(9-13)26-32(29,30)16-6-7-18(22)17(21)11-16/h3-7,10-11,13-14,26H,8-9H2,1-2H3/t13-,14-. The summed E-state index contributed by atoms with van der Waals surface area (Å²) in [4.78, 5) is -0.675. The summed E-state index contributed by atoms with van der Waals surface area (Å²) in [5.41, 5.74) is -1.06. The Morgan fingerprint density at radius 3 is 2.16 bits per heavy atom. The molecule has 0 aliphatic heterocycles. The number of hydrogen-bond donors (Lipinski definition) is 1. The number of alkyl halides is 3. The highest BCUT2D eigenvalue weighted by atomic mass is 35.5. The second-order valence-corrected chi connectivity index (χ2v) is 12.8. The average molecular weight is 514 g/mol. The Morgan fingerprint density at radius 2 is 1.59 bits per heavy atom. The van der Waals surface area contributed by atoms with Gasteiger partial charge in [0, 0.05) is 6.04 Å². The fourth-order valence-electron chi connectivity index (χ4n) is 3.58. The summed E-state index contributed by atoms with van der Waals surface area (Å²) in [6, 6.07) is 5.92. The van der Waals surface area contributed by atoms with Gasteiger partial charge in [0.15, 0.2) is 9.84 Å². The van der Waals surface area contributed by atoms with E-state index in [2.05, 4.69) is 4.72 Å². The van der Waals surface area contributed by atoms with Gasteiger partial charge in [-0.2, -0.15) is 13.2 Å². The van der Waals surface area contributed by atoms with E-state index < -0.39 is 59.0 Å². The van der Waals surface area contributed by atoms with E-state index in [-0.39, 0.29) is 22.8 Å². The van der Waals surface area contributed by atoms with Gasteiger partial charge >= 0.3 is 6.18 Å². The van der Waals surface area contributed by atoms with Crippen molar-refractivity contribution in [1.82, 2.24) is 4.72 Å². The van der Waals surface area contributed by atoms with Crippen molar-refractivity contribution < 1.29 is 34.4 Å². The van der Waals surface area contributed by atoms with Gasteiger partial charge in [0.05, 0.1) is 25.1 Å². The summed E-state index contributed by atoms with van der Waals surface area (Å²) in [5, 5.41) is -0.354. The van der Waals surface area contributed by atoms with E-state index in [9.17, 15) is 34.4 Å². The number of benzene rings is 2. The number of nitrogens with one attached hydrogen (secondary N) is 1. The van der Waals surface area contributed by atoms with Gasteiger partial charge in [-0.05, 0) is 69.0 Å². The van der Waals surface area contributed by atoms with Gasteiger partial charge in [0.25, 0.3) is 0 Å².